The molecule has 1 heterocycles. The first-order valence-electron chi connectivity index (χ1n) is 8.20. The summed E-state index contributed by atoms with van der Waals surface area (Å²) in [4.78, 5) is 10.9. The molecule has 3 rings (SSSR count). The van der Waals surface area contributed by atoms with Crippen LogP contribution in [0.4, 0.5) is 0 Å². The first kappa shape index (κ1) is 17.9. The molecule has 0 unspecified atom stereocenters. The van der Waals surface area contributed by atoms with Crippen LogP contribution < -0.4 is 5.32 Å². The summed E-state index contributed by atoms with van der Waals surface area (Å²) in [6.45, 7) is 0.994. The average Bonchev–Trinajstić information content (AvgIpc) is 3.12. The number of nitrogens with zero attached hydrogens (tertiary/aromatic N) is 4. The molecule has 0 saturated carbocycles. The monoisotopic (exact) mass is 369 g/mol. The third-order valence-electron chi connectivity index (χ3n) is 3.65. The Bertz CT molecular complexity index is 859. The third-order valence-corrected chi connectivity index (χ3v) is 3.90. The summed E-state index contributed by atoms with van der Waals surface area (Å²) < 4.78 is 5.31. The SMILES string of the molecule is CN(C)C(=NCc1ccccc1)NCc1nc(-c2ccc(Cl)cc2)no1. The van der Waals surface area contributed by atoms with Crippen molar-refractivity contribution < 1.29 is 4.52 Å². The van der Waals surface area contributed by atoms with E-state index in [-0.39, 0.29) is 0 Å². The van der Waals surface area contributed by atoms with Crippen LogP contribution in [0.15, 0.2) is 64.1 Å². The molecule has 0 aliphatic heterocycles. The number of rotatable bonds is 5. The summed E-state index contributed by atoms with van der Waals surface area (Å²) in [5, 5.41) is 7.92. The lowest BCUT2D eigenvalue weighted by Gasteiger charge is -2.16. The Morgan fingerprint density at radius 1 is 1.12 bits per heavy atom. The molecule has 0 aliphatic carbocycles. The van der Waals surface area contributed by atoms with E-state index < -0.39 is 0 Å². The molecular formula is C19H20ClN5O. The number of guanidine groups is 1. The Morgan fingerprint density at radius 3 is 2.54 bits per heavy atom. The minimum absolute atomic E-state index is 0.395. The molecule has 0 radical (unpaired) electrons. The van der Waals surface area contributed by atoms with Crippen LogP contribution in [0.5, 0.6) is 0 Å². The van der Waals surface area contributed by atoms with E-state index in [9.17, 15) is 0 Å². The Kier molecular flexibility index (Phi) is 5.86. The first-order chi connectivity index (χ1) is 12.6. The molecule has 1 N–H and O–H groups in total. The van der Waals surface area contributed by atoms with Crippen LogP contribution >= 0.6 is 11.6 Å². The number of benzene rings is 2. The highest BCUT2D eigenvalue weighted by Crippen LogP contribution is 2.18. The fraction of sp³-hybridized carbons (Fsp3) is 0.211. The van der Waals surface area contributed by atoms with Gasteiger partial charge in [-0.3, -0.25) is 0 Å². The summed E-state index contributed by atoms with van der Waals surface area (Å²) >= 11 is 5.90. The fourth-order valence-electron chi connectivity index (χ4n) is 2.30. The van der Waals surface area contributed by atoms with Crippen molar-refractivity contribution in [3.63, 3.8) is 0 Å². The van der Waals surface area contributed by atoms with Crippen molar-refractivity contribution >= 4 is 17.6 Å². The second-order valence-electron chi connectivity index (χ2n) is 5.89. The predicted octanol–water partition coefficient (Wildman–Crippen LogP) is 3.60. The van der Waals surface area contributed by atoms with E-state index in [1.807, 2.05) is 61.5 Å². The summed E-state index contributed by atoms with van der Waals surface area (Å²) in [5.74, 6) is 1.77. The quantitative estimate of drug-likeness (QED) is 0.550. The smallest absolute Gasteiger partial charge is 0.246 e. The highest BCUT2D eigenvalue weighted by Gasteiger charge is 2.10. The maximum atomic E-state index is 5.90. The molecule has 7 heteroatoms. The fourth-order valence-corrected chi connectivity index (χ4v) is 2.43. The molecule has 26 heavy (non-hydrogen) atoms. The molecule has 0 spiro atoms. The zero-order chi connectivity index (χ0) is 18.4. The number of hydrogen-bond acceptors (Lipinski definition) is 4. The van der Waals surface area contributed by atoms with Crippen LogP contribution in [0.3, 0.4) is 0 Å². The van der Waals surface area contributed by atoms with Gasteiger partial charge in [-0.2, -0.15) is 4.98 Å². The van der Waals surface area contributed by atoms with Crippen molar-refractivity contribution in [2.75, 3.05) is 14.1 Å². The molecule has 0 atom stereocenters. The number of nitrogens with one attached hydrogen (secondary N) is 1. The molecular weight excluding hydrogens is 350 g/mol. The van der Waals surface area contributed by atoms with Gasteiger partial charge >= 0.3 is 0 Å². The van der Waals surface area contributed by atoms with E-state index in [4.69, 9.17) is 16.1 Å². The van der Waals surface area contributed by atoms with Crippen LogP contribution in [-0.2, 0) is 13.1 Å². The zero-order valence-corrected chi connectivity index (χ0v) is 15.4. The Hall–Kier alpha value is -2.86. The van der Waals surface area contributed by atoms with Crippen molar-refractivity contribution in [1.82, 2.24) is 20.4 Å². The number of aromatic nitrogens is 2. The van der Waals surface area contributed by atoms with Gasteiger partial charge in [-0.15, -0.1) is 0 Å². The topological polar surface area (TPSA) is 66.5 Å². The minimum Gasteiger partial charge on any atom is -0.349 e. The maximum absolute atomic E-state index is 5.90. The molecule has 134 valence electrons. The molecule has 0 bridgehead atoms. The van der Waals surface area contributed by atoms with Crippen molar-refractivity contribution in [1.29, 1.82) is 0 Å². The molecule has 0 saturated heterocycles. The lowest BCUT2D eigenvalue weighted by molar-refractivity contribution is 0.373. The predicted molar refractivity (Wildman–Crippen MR) is 103 cm³/mol. The van der Waals surface area contributed by atoms with E-state index >= 15 is 0 Å². The third kappa shape index (κ3) is 4.83. The van der Waals surface area contributed by atoms with Crippen LogP contribution in [0.2, 0.25) is 5.02 Å². The Morgan fingerprint density at radius 2 is 1.85 bits per heavy atom. The average molecular weight is 370 g/mol. The first-order valence-corrected chi connectivity index (χ1v) is 8.58. The Labute approximate surface area is 157 Å². The van der Waals surface area contributed by atoms with Crippen molar-refractivity contribution in [3.05, 3.63) is 71.1 Å². The lowest BCUT2D eigenvalue weighted by atomic mass is 10.2. The van der Waals surface area contributed by atoms with Gasteiger partial charge in [-0.1, -0.05) is 47.1 Å². The van der Waals surface area contributed by atoms with Gasteiger partial charge in [-0.05, 0) is 29.8 Å². The van der Waals surface area contributed by atoms with E-state index in [2.05, 4.69) is 20.4 Å². The number of hydrogen-bond donors (Lipinski definition) is 1. The van der Waals surface area contributed by atoms with Gasteiger partial charge in [0.2, 0.25) is 11.7 Å². The van der Waals surface area contributed by atoms with Crippen molar-refractivity contribution in [2.45, 2.75) is 13.1 Å². The largest absolute Gasteiger partial charge is 0.349 e. The van der Waals surface area contributed by atoms with Crippen molar-refractivity contribution in [3.8, 4) is 11.4 Å². The minimum atomic E-state index is 0.395. The number of aliphatic imine (C=N–C) groups is 1. The van der Waals surface area contributed by atoms with Gasteiger partial charge in [0.05, 0.1) is 13.1 Å². The number of halogens is 1. The summed E-state index contributed by atoms with van der Waals surface area (Å²) in [5.41, 5.74) is 2.01. The van der Waals surface area contributed by atoms with Gasteiger partial charge in [0, 0.05) is 24.7 Å². The lowest BCUT2D eigenvalue weighted by Crippen LogP contribution is -2.36. The van der Waals surface area contributed by atoms with Gasteiger partial charge in [0.15, 0.2) is 5.96 Å². The molecule has 1 aromatic heterocycles. The highest BCUT2D eigenvalue weighted by molar-refractivity contribution is 6.30. The second-order valence-corrected chi connectivity index (χ2v) is 6.33. The summed E-state index contributed by atoms with van der Waals surface area (Å²) in [6.07, 6.45) is 0. The van der Waals surface area contributed by atoms with Crippen molar-refractivity contribution in [2.24, 2.45) is 4.99 Å². The summed E-state index contributed by atoms with van der Waals surface area (Å²) in [6, 6.07) is 17.4. The van der Waals surface area contributed by atoms with Gasteiger partial charge < -0.3 is 14.7 Å². The van der Waals surface area contributed by atoms with Crippen LogP contribution in [0.1, 0.15) is 11.5 Å². The van der Waals surface area contributed by atoms with Crippen LogP contribution in [0, 0.1) is 0 Å². The summed E-state index contributed by atoms with van der Waals surface area (Å²) in [7, 11) is 3.87. The normalized spacial score (nSPS) is 11.4. The van der Waals surface area contributed by atoms with Gasteiger partial charge in [0.25, 0.3) is 0 Å². The standard InChI is InChI=1S/C19H20ClN5O/c1-25(2)19(21-12-14-6-4-3-5-7-14)22-13-17-23-18(24-26-17)15-8-10-16(20)11-9-15/h3-11H,12-13H2,1-2H3,(H,21,22). The maximum Gasteiger partial charge on any atom is 0.246 e. The molecule has 0 fully saturated rings. The zero-order valence-electron chi connectivity index (χ0n) is 14.7. The molecule has 6 nitrogen and oxygen atoms in total. The van der Waals surface area contributed by atoms with Gasteiger partial charge in [-0.25, -0.2) is 4.99 Å². The molecule has 2 aromatic carbocycles. The second kappa shape index (κ2) is 8.49. The molecule has 0 aliphatic rings. The molecule has 3 aromatic rings. The van der Waals surface area contributed by atoms with Gasteiger partial charge in [0.1, 0.15) is 0 Å². The van der Waals surface area contributed by atoms with E-state index in [1.54, 1.807) is 12.1 Å². The Balaban J connectivity index is 1.63. The van der Waals surface area contributed by atoms with Crippen LogP contribution in [-0.4, -0.2) is 35.1 Å². The van der Waals surface area contributed by atoms with Crippen LogP contribution in [0.25, 0.3) is 11.4 Å². The van der Waals surface area contributed by atoms with E-state index in [1.165, 1.54) is 0 Å². The highest BCUT2D eigenvalue weighted by atomic mass is 35.5. The molecule has 0 amide bonds. The van der Waals surface area contributed by atoms with E-state index in [0.29, 0.717) is 29.8 Å². The van der Waals surface area contributed by atoms with E-state index in [0.717, 1.165) is 17.1 Å².